The Balaban J connectivity index is 0.000000181. The minimum atomic E-state index is -4.32. The third kappa shape index (κ3) is 9.03. The molecule has 10 nitrogen and oxygen atoms in total. The molecule has 4 heterocycles. The first-order valence-corrected chi connectivity index (χ1v) is 22.4. The lowest BCUT2D eigenvalue weighted by atomic mass is 10.1. The maximum absolute atomic E-state index is 13.9. The van der Waals surface area contributed by atoms with Gasteiger partial charge in [-0.15, -0.1) is 22.7 Å². The molecule has 0 spiro atoms. The van der Waals surface area contributed by atoms with Crippen molar-refractivity contribution in [3.63, 3.8) is 0 Å². The van der Waals surface area contributed by atoms with Crippen LogP contribution in [0.25, 0.3) is 22.5 Å². The van der Waals surface area contributed by atoms with E-state index < -0.39 is 76.4 Å². The van der Waals surface area contributed by atoms with Gasteiger partial charge in [-0.2, -0.15) is 8.61 Å². The van der Waals surface area contributed by atoms with Crippen LogP contribution in [-0.4, -0.2) is 87.8 Å². The number of aromatic nitrogens is 2. The van der Waals surface area contributed by atoms with Gasteiger partial charge in [0.25, 0.3) is 0 Å². The maximum atomic E-state index is 13.9. The SMILES string of the molecule is O=S(=O)(c1c(F)cccc1F)N1CCN(c2nc(-c3cc(F)cc(F)c3)cs2)CC1.O=S(=O)(c1c(F)cccc1F)N1CCN(c2nc(-c3ccc(F)c(F)c3)cs2)CC1. The number of benzene rings is 4. The molecule has 0 unspecified atom stereocenters. The topological polar surface area (TPSA) is 107 Å². The molecule has 0 aliphatic carbocycles. The van der Waals surface area contributed by atoms with Gasteiger partial charge in [-0.1, -0.05) is 12.1 Å². The van der Waals surface area contributed by atoms with Crippen molar-refractivity contribution < 1.29 is 52.0 Å². The van der Waals surface area contributed by atoms with E-state index in [-0.39, 0.29) is 52.4 Å². The summed E-state index contributed by atoms with van der Waals surface area (Å²) in [6.07, 6.45) is 0. The molecule has 0 N–H and O–H groups in total. The highest BCUT2D eigenvalue weighted by Gasteiger charge is 2.35. The molecule has 2 fully saturated rings. The molecule has 6 aromatic rings. The van der Waals surface area contributed by atoms with Crippen molar-refractivity contribution >= 4 is 53.0 Å². The minimum absolute atomic E-state index is 0.0135. The normalized spacial score (nSPS) is 15.5. The summed E-state index contributed by atoms with van der Waals surface area (Å²) in [5.41, 5.74) is 1.59. The largest absolute Gasteiger partial charge is 0.345 e. The Hall–Kier alpha value is -5.00. The van der Waals surface area contributed by atoms with Crippen LogP contribution in [0.2, 0.25) is 0 Å². The van der Waals surface area contributed by atoms with E-state index in [4.69, 9.17) is 0 Å². The van der Waals surface area contributed by atoms with E-state index in [9.17, 15) is 52.0 Å². The maximum Gasteiger partial charge on any atom is 0.249 e. The number of rotatable bonds is 8. The van der Waals surface area contributed by atoms with Crippen molar-refractivity contribution in [3.8, 4) is 22.5 Å². The lowest BCUT2D eigenvalue weighted by molar-refractivity contribution is 0.378. The summed E-state index contributed by atoms with van der Waals surface area (Å²) >= 11 is 2.54. The zero-order valence-corrected chi connectivity index (χ0v) is 34.0. The minimum Gasteiger partial charge on any atom is -0.345 e. The molecule has 4 aromatic carbocycles. The number of nitrogens with zero attached hydrogens (tertiary/aromatic N) is 6. The highest BCUT2D eigenvalue weighted by Crippen LogP contribution is 2.32. The monoisotopic (exact) mass is 914 g/mol. The van der Waals surface area contributed by atoms with E-state index in [1.165, 1.54) is 40.9 Å². The molecule has 2 saturated heterocycles. The Labute approximate surface area is 346 Å². The summed E-state index contributed by atoms with van der Waals surface area (Å²) in [6, 6.07) is 12.4. The van der Waals surface area contributed by atoms with Crippen molar-refractivity contribution in [1.29, 1.82) is 0 Å². The molecule has 2 aliphatic heterocycles. The van der Waals surface area contributed by atoms with Crippen LogP contribution in [0, 0.1) is 46.5 Å². The molecule has 0 saturated carbocycles. The molecular formula is C38H30F8N6O4S4. The van der Waals surface area contributed by atoms with Crippen LogP contribution in [0.5, 0.6) is 0 Å². The Kier molecular flexibility index (Phi) is 12.6. The van der Waals surface area contributed by atoms with Gasteiger partial charge >= 0.3 is 0 Å². The van der Waals surface area contributed by atoms with E-state index in [0.717, 1.165) is 63.2 Å². The molecule has 8 rings (SSSR count). The van der Waals surface area contributed by atoms with E-state index in [1.807, 2.05) is 9.80 Å². The Morgan fingerprint density at radius 3 is 1.25 bits per heavy atom. The second-order valence-corrected chi connectivity index (χ2v) is 18.6. The second kappa shape index (κ2) is 17.5. The lowest BCUT2D eigenvalue weighted by Gasteiger charge is -2.33. The van der Waals surface area contributed by atoms with Crippen LogP contribution in [0.3, 0.4) is 0 Å². The Morgan fingerprint density at radius 2 is 0.850 bits per heavy atom. The third-order valence-corrected chi connectivity index (χ3v) is 15.1. The van der Waals surface area contributed by atoms with Crippen LogP contribution in [0.15, 0.2) is 93.3 Å². The lowest BCUT2D eigenvalue weighted by Crippen LogP contribution is -2.49. The van der Waals surface area contributed by atoms with Gasteiger partial charge in [0.1, 0.15) is 34.9 Å². The Bertz CT molecular complexity index is 2700. The molecule has 0 radical (unpaired) electrons. The second-order valence-electron chi connectivity index (χ2n) is 13.2. The fraction of sp³-hybridized carbons (Fsp3) is 0.211. The molecular weight excluding hydrogens is 885 g/mol. The summed E-state index contributed by atoms with van der Waals surface area (Å²) in [7, 11) is -8.63. The van der Waals surface area contributed by atoms with Crippen LogP contribution in [0.4, 0.5) is 45.4 Å². The van der Waals surface area contributed by atoms with Crippen molar-refractivity contribution in [2.45, 2.75) is 9.79 Å². The van der Waals surface area contributed by atoms with Gasteiger partial charge < -0.3 is 9.80 Å². The number of hydrogen-bond donors (Lipinski definition) is 0. The van der Waals surface area contributed by atoms with E-state index in [2.05, 4.69) is 9.97 Å². The zero-order chi connectivity index (χ0) is 42.9. The van der Waals surface area contributed by atoms with Gasteiger partial charge in [0.15, 0.2) is 31.7 Å². The molecule has 22 heteroatoms. The molecule has 2 aromatic heterocycles. The highest BCUT2D eigenvalue weighted by atomic mass is 32.2. The fourth-order valence-electron chi connectivity index (χ4n) is 6.40. The molecule has 0 amide bonds. The summed E-state index contributed by atoms with van der Waals surface area (Å²) in [6.45, 7) is 1.10. The number of hydrogen-bond acceptors (Lipinski definition) is 10. The predicted octanol–water partition coefficient (Wildman–Crippen LogP) is 7.75. The quantitative estimate of drug-likeness (QED) is 0.143. The van der Waals surface area contributed by atoms with Crippen molar-refractivity contribution in [3.05, 3.63) is 130 Å². The first-order chi connectivity index (χ1) is 28.5. The van der Waals surface area contributed by atoms with Gasteiger partial charge in [0.2, 0.25) is 20.0 Å². The molecule has 316 valence electrons. The van der Waals surface area contributed by atoms with Gasteiger partial charge in [-0.25, -0.2) is 61.9 Å². The summed E-state index contributed by atoms with van der Waals surface area (Å²) in [5.74, 6) is -7.87. The molecule has 0 bridgehead atoms. The number of halogens is 8. The average Bonchev–Trinajstić information content (AvgIpc) is 3.91. The van der Waals surface area contributed by atoms with Gasteiger partial charge in [0.05, 0.1) is 11.4 Å². The van der Waals surface area contributed by atoms with E-state index in [0.29, 0.717) is 32.8 Å². The van der Waals surface area contributed by atoms with Crippen molar-refractivity contribution in [1.82, 2.24) is 18.6 Å². The standard InChI is InChI=1S/2C19H15F4N3O2S2/c20-13-8-12(9-14(21)10-13)17-11-29-19(24-17)25-4-6-26(7-5-25)30(27,28)18-15(22)2-1-3-16(18)23;20-13-5-4-12(10-16(13)23)17-11-29-19(24-17)25-6-8-26(9-7-25)30(27,28)18-14(21)2-1-3-15(18)22/h1-3,8-11H,4-7H2;1-5,10-11H,6-9H2. The number of piperazine rings is 2. The first kappa shape index (κ1) is 43.1. The predicted molar refractivity (Wildman–Crippen MR) is 210 cm³/mol. The molecule has 60 heavy (non-hydrogen) atoms. The third-order valence-electron chi connectivity index (χ3n) is 9.41. The average molecular weight is 915 g/mol. The van der Waals surface area contributed by atoms with Crippen LogP contribution < -0.4 is 9.80 Å². The van der Waals surface area contributed by atoms with Crippen LogP contribution in [0.1, 0.15) is 0 Å². The number of anilines is 2. The smallest absolute Gasteiger partial charge is 0.249 e. The summed E-state index contributed by atoms with van der Waals surface area (Å²) in [5, 5.41) is 4.49. The van der Waals surface area contributed by atoms with Gasteiger partial charge in [-0.05, 0) is 54.6 Å². The highest BCUT2D eigenvalue weighted by molar-refractivity contribution is 7.89. The van der Waals surface area contributed by atoms with Crippen molar-refractivity contribution in [2.75, 3.05) is 62.2 Å². The van der Waals surface area contributed by atoms with E-state index >= 15 is 0 Å². The van der Waals surface area contributed by atoms with Gasteiger partial charge in [0, 0.05) is 80.3 Å². The fourth-order valence-corrected chi connectivity index (χ4v) is 11.2. The molecule has 2 aliphatic rings. The summed E-state index contributed by atoms with van der Waals surface area (Å²) in [4.78, 5) is 10.5. The van der Waals surface area contributed by atoms with Crippen LogP contribution in [-0.2, 0) is 20.0 Å². The van der Waals surface area contributed by atoms with Crippen LogP contribution >= 0.6 is 22.7 Å². The van der Waals surface area contributed by atoms with E-state index in [1.54, 1.807) is 10.8 Å². The summed E-state index contributed by atoms with van der Waals surface area (Å²) < 4.78 is 162. The number of thiazole rings is 2. The Morgan fingerprint density at radius 1 is 0.450 bits per heavy atom. The zero-order valence-electron chi connectivity index (χ0n) is 30.7. The van der Waals surface area contributed by atoms with Gasteiger partial charge in [-0.3, -0.25) is 0 Å². The van der Waals surface area contributed by atoms with Crippen molar-refractivity contribution in [2.24, 2.45) is 0 Å². The molecule has 0 atom stereocenters. The number of sulfonamides is 2. The first-order valence-electron chi connectivity index (χ1n) is 17.7.